The number of nitrogens with one attached hydrogen (secondary N) is 2. The number of guanidine groups is 1. The summed E-state index contributed by atoms with van der Waals surface area (Å²) in [5.74, 6) is 2.73. The molecule has 2 aromatic rings. The van der Waals surface area contributed by atoms with Gasteiger partial charge < -0.3 is 20.1 Å². The molecule has 7 nitrogen and oxygen atoms in total. The topological polar surface area (TPSA) is 71.0 Å². The number of aromatic nitrogens is 1. The first-order chi connectivity index (χ1) is 15.2. The van der Waals surface area contributed by atoms with E-state index in [0.717, 1.165) is 36.8 Å². The van der Waals surface area contributed by atoms with Crippen LogP contribution >= 0.6 is 0 Å². The van der Waals surface area contributed by atoms with Crippen LogP contribution in [0.1, 0.15) is 38.7 Å². The molecular formula is C24H35N5O2. The summed E-state index contributed by atoms with van der Waals surface area (Å²) in [4.78, 5) is 11.3. The third-order valence-corrected chi connectivity index (χ3v) is 5.45. The van der Waals surface area contributed by atoms with Gasteiger partial charge in [-0.05, 0) is 50.6 Å². The highest BCUT2D eigenvalue weighted by Crippen LogP contribution is 2.31. The van der Waals surface area contributed by atoms with Crippen molar-refractivity contribution in [3.8, 4) is 17.4 Å². The van der Waals surface area contributed by atoms with Gasteiger partial charge in [-0.3, -0.25) is 9.89 Å². The van der Waals surface area contributed by atoms with Gasteiger partial charge >= 0.3 is 0 Å². The Balaban J connectivity index is 1.60. The van der Waals surface area contributed by atoms with Gasteiger partial charge in [-0.2, -0.15) is 0 Å². The van der Waals surface area contributed by atoms with Crippen molar-refractivity contribution in [3.63, 3.8) is 0 Å². The lowest BCUT2D eigenvalue weighted by atomic mass is 10.2. The zero-order valence-electron chi connectivity index (χ0n) is 18.9. The van der Waals surface area contributed by atoms with Gasteiger partial charge in [-0.1, -0.05) is 32.0 Å². The molecule has 1 aromatic carbocycles. The monoisotopic (exact) mass is 425 g/mol. The third-order valence-electron chi connectivity index (χ3n) is 5.45. The van der Waals surface area contributed by atoms with Gasteiger partial charge in [0.15, 0.2) is 17.5 Å². The first-order valence-corrected chi connectivity index (χ1v) is 11.3. The largest absolute Gasteiger partial charge is 0.490 e. The quantitative estimate of drug-likeness (QED) is 0.446. The van der Waals surface area contributed by atoms with E-state index in [2.05, 4.69) is 39.4 Å². The van der Waals surface area contributed by atoms with Gasteiger partial charge in [0, 0.05) is 37.9 Å². The Labute approximate surface area is 185 Å². The predicted octanol–water partition coefficient (Wildman–Crippen LogP) is 3.81. The van der Waals surface area contributed by atoms with Crippen molar-refractivity contribution >= 4 is 5.96 Å². The highest BCUT2D eigenvalue weighted by atomic mass is 16.5. The number of aliphatic imine (C=N–C) groups is 1. The maximum absolute atomic E-state index is 6.13. The van der Waals surface area contributed by atoms with Crippen LogP contribution in [0, 0.1) is 0 Å². The molecule has 7 heteroatoms. The van der Waals surface area contributed by atoms with Crippen LogP contribution in [0.2, 0.25) is 0 Å². The maximum atomic E-state index is 6.13. The second-order valence-corrected chi connectivity index (χ2v) is 7.60. The molecule has 0 spiro atoms. The summed E-state index contributed by atoms with van der Waals surface area (Å²) in [6.45, 7) is 8.69. The van der Waals surface area contributed by atoms with E-state index in [1.807, 2.05) is 36.4 Å². The molecule has 1 fully saturated rings. The van der Waals surface area contributed by atoms with Crippen LogP contribution in [0.5, 0.6) is 17.4 Å². The predicted molar refractivity (Wildman–Crippen MR) is 125 cm³/mol. The lowest BCUT2D eigenvalue weighted by Gasteiger charge is -2.24. The Morgan fingerprint density at radius 2 is 2.00 bits per heavy atom. The second-order valence-electron chi connectivity index (χ2n) is 7.60. The van der Waals surface area contributed by atoms with E-state index < -0.39 is 0 Å². The molecule has 1 aliphatic rings. The molecule has 0 aliphatic carbocycles. The number of rotatable bonds is 10. The number of nitrogens with zero attached hydrogens (tertiary/aromatic N) is 3. The van der Waals surface area contributed by atoms with Crippen LogP contribution < -0.4 is 20.1 Å². The molecule has 2 N–H and O–H groups in total. The summed E-state index contributed by atoms with van der Waals surface area (Å²) in [6.07, 6.45) is 5.18. The molecule has 0 saturated carbocycles. The Bertz CT molecular complexity index is 842. The van der Waals surface area contributed by atoms with Gasteiger partial charge in [0.05, 0.1) is 6.61 Å². The fraction of sp³-hybridized carbons (Fsp3) is 0.500. The van der Waals surface area contributed by atoms with Crippen molar-refractivity contribution in [3.05, 3.63) is 48.2 Å². The Kier molecular flexibility index (Phi) is 8.97. The molecule has 1 unspecified atom stereocenters. The molecule has 0 amide bonds. The molecule has 1 aromatic heterocycles. The number of likely N-dealkylation sites (N-methyl/N-ethyl adjacent to an activating group) is 1. The minimum atomic E-state index is 0.559. The van der Waals surface area contributed by atoms with E-state index in [0.29, 0.717) is 30.8 Å². The standard InChI is InChI=1S/C24H35N5O2/c1-4-16-30-21-12-6-7-13-22(21)31-23-19(10-8-14-26-23)17-27-24(25-3)28-18-20-11-9-15-29(20)5-2/h6-8,10,12-14,20H,4-5,9,11,15-18H2,1-3H3,(H2,25,27,28). The Hall–Kier alpha value is -2.80. The van der Waals surface area contributed by atoms with E-state index in [9.17, 15) is 0 Å². The number of likely N-dealkylation sites (tertiary alicyclic amines) is 1. The van der Waals surface area contributed by atoms with Crippen LogP contribution in [0.3, 0.4) is 0 Å². The van der Waals surface area contributed by atoms with Crippen molar-refractivity contribution in [2.45, 2.75) is 45.7 Å². The fourth-order valence-electron chi connectivity index (χ4n) is 3.78. The van der Waals surface area contributed by atoms with Gasteiger partial charge in [0.2, 0.25) is 5.88 Å². The van der Waals surface area contributed by atoms with E-state index in [-0.39, 0.29) is 0 Å². The second kappa shape index (κ2) is 12.2. The SMILES string of the molecule is CCCOc1ccccc1Oc1ncccc1CNC(=NC)NCC1CCCN1CC. The minimum absolute atomic E-state index is 0.559. The molecule has 1 saturated heterocycles. The molecule has 168 valence electrons. The van der Waals surface area contributed by atoms with E-state index in [1.165, 1.54) is 19.4 Å². The van der Waals surface area contributed by atoms with Crippen molar-refractivity contribution < 1.29 is 9.47 Å². The number of hydrogen-bond donors (Lipinski definition) is 2. The molecule has 1 aliphatic heterocycles. The zero-order valence-corrected chi connectivity index (χ0v) is 18.9. The highest BCUT2D eigenvalue weighted by molar-refractivity contribution is 5.79. The lowest BCUT2D eigenvalue weighted by molar-refractivity contribution is 0.267. The van der Waals surface area contributed by atoms with Gasteiger partial charge in [0.25, 0.3) is 0 Å². The number of para-hydroxylation sites is 2. The minimum Gasteiger partial charge on any atom is -0.490 e. The number of hydrogen-bond acceptors (Lipinski definition) is 5. The first kappa shape index (κ1) is 22.9. The van der Waals surface area contributed by atoms with Crippen LogP contribution in [0.25, 0.3) is 0 Å². The lowest BCUT2D eigenvalue weighted by Crippen LogP contribution is -2.44. The summed E-state index contributed by atoms with van der Waals surface area (Å²) in [7, 11) is 1.80. The summed E-state index contributed by atoms with van der Waals surface area (Å²) in [5, 5.41) is 6.85. The summed E-state index contributed by atoms with van der Waals surface area (Å²) in [6, 6.07) is 12.2. The third kappa shape index (κ3) is 6.59. The fourth-order valence-corrected chi connectivity index (χ4v) is 3.78. The molecule has 0 radical (unpaired) electrons. The van der Waals surface area contributed by atoms with Crippen LogP contribution in [0.15, 0.2) is 47.6 Å². The summed E-state index contributed by atoms with van der Waals surface area (Å²) in [5.41, 5.74) is 0.951. The van der Waals surface area contributed by atoms with Crippen molar-refractivity contribution in [2.75, 3.05) is 33.3 Å². The van der Waals surface area contributed by atoms with Gasteiger partial charge in [-0.15, -0.1) is 0 Å². The van der Waals surface area contributed by atoms with Gasteiger partial charge in [-0.25, -0.2) is 4.98 Å². The number of ether oxygens (including phenoxy) is 2. The molecule has 3 rings (SSSR count). The Morgan fingerprint density at radius 1 is 1.16 bits per heavy atom. The van der Waals surface area contributed by atoms with Crippen LogP contribution in [0.4, 0.5) is 0 Å². The molecular weight excluding hydrogens is 390 g/mol. The van der Waals surface area contributed by atoms with E-state index >= 15 is 0 Å². The number of pyridine rings is 1. The van der Waals surface area contributed by atoms with Gasteiger partial charge in [0.1, 0.15) is 0 Å². The van der Waals surface area contributed by atoms with E-state index in [1.54, 1.807) is 13.2 Å². The number of benzene rings is 1. The van der Waals surface area contributed by atoms with Crippen LogP contribution in [-0.2, 0) is 6.54 Å². The van der Waals surface area contributed by atoms with Crippen molar-refractivity contribution in [2.24, 2.45) is 4.99 Å². The first-order valence-electron chi connectivity index (χ1n) is 11.3. The maximum Gasteiger partial charge on any atom is 0.224 e. The Morgan fingerprint density at radius 3 is 2.77 bits per heavy atom. The molecule has 31 heavy (non-hydrogen) atoms. The zero-order chi connectivity index (χ0) is 21.9. The summed E-state index contributed by atoms with van der Waals surface area (Å²) >= 11 is 0. The summed E-state index contributed by atoms with van der Waals surface area (Å²) < 4.78 is 11.9. The van der Waals surface area contributed by atoms with Crippen molar-refractivity contribution in [1.29, 1.82) is 0 Å². The molecule has 0 bridgehead atoms. The average Bonchev–Trinajstić information content (AvgIpc) is 3.27. The normalized spacial score (nSPS) is 16.9. The molecule has 1 atom stereocenters. The molecule has 2 heterocycles. The van der Waals surface area contributed by atoms with Crippen LogP contribution in [-0.4, -0.2) is 55.2 Å². The van der Waals surface area contributed by atoms with E-state index in [4.69, 9.17) is 9.47 Å². The van der Waals surface area contributed by atoms with Crippen molar-refractivity contribution in [1.82, 2.24) is 20.5 Å². The smallest absolute Gasteiger partial charge is 0.224 e. The highest BCUT2D eigenvalue weighted by Gasteiger charge is 2.22. The average molecular weight is 426 g/mol.